The Kier molecular flexibility index (Phi) is 7.48. The number of nitrogens with zero attached hydrogens (tertiary/aromatic N) is 5. The summed E-state index contributed by atoms with van der Waals surface area (Å²) in [5, 5.41) is 13.8. The van der Waals surface area contributed by atoms with E-state index in [1.54, 1.807) is 23.7 Å². The monoisotopic (exact) mass is 532 g/mol. The van der Waals surface area contributed by atoms with Gasteiger partial charge in [-0.2, -0.15) is 0 Å². The van der Waals surface area contributed by atoms with Gasteiger partial charge in [0.15, 0.2) is 5.82 Å². The molecule has 0 saturated carbocycles. The predicted molar refractivity (Wildman–Crippen MR) is 148 cm³/mol. The van der Waals surface area contributed by atoms with Crippen molar-refractivity contribution in [1.82, 2.24) is 25.1 Å². The van der Waals surface area contributed by atoms with E-state index in [1.807, 2.05) is 43.3 Å². The van der Waals surface area contributed by atoms with Crippen LogP contribution in [0.1, 0.15) is 64.1 Å². The third-order valence-electron chi connectivity index (χ3n) is 6.70. The number of aryl methyl sites for hydroxylation is 3. The molecule has 0 aliphatic carbocycles. The van der Waals surface area contributed by atoms with Crippen LogP contribution < -0.4 is 5.32 Å². The van der Waals surface area contributed by atoms with Crippen molar-refractivity contribution in [3.63, 3.8) is 0 Å². The zero-order chi connectivity index (χ0) is 25.9. The van der Waals surface area contributed by atoms with Gasteiger partial charge in [0.25, 0.3) is 0 Å². The van der Waals surface area contributed by atoms with Crippen molar-refractivity contribution in [2.24, 2.45) is 4.99 Å². The number of thiophene rings is 1. The SMILES string of the molecule is Cc1sc2c(c1C)C(c1ccc(Cl)cc1)=NC(CCCNC(=O)CCc1cccnc1)c1nnc(C)n1-2. The van der Waals surface area contributed by atoms with Crippen LogP contribution in [0, 0.1) is 20.8 Å². The summed E-state index contributed by atoms with van der Waals surface area (Å²) in [7, 11) is 0. The normalized spacial score (nSPS) is 14.5. The van der Waals surface area contributed by atoms with Crippen molar-refractivity contribution in [2.45, 2.75) is 52.5 Å². The van der Waals surface area contributed by atoms with Crippen molar-refractivity contribution >= 4 is 34.6 Å². The zero-order valence-corrected chi connectivity index (χ0v) is 22.7. The molecule has 1 atom stereocenters. The van der Waals surface area contributed by atoms with Crippen LogP contribution in [-0.2, 0) is 11.2 Å². The highest BCUT2D eigenvalue weighted by Crippen LogP contribution is 2.39. The lowest BCUT2D eigenvalue weighted by Gasteiger charge is -2.13. The van der Waals surface area contributed by atoms with Crippen LogP contribution in [0.15, 0.2) is 53.8 Å². The number of hydrogen-bond acceptors (Lipinski definition) is 6. The van der Waals surface area contributed by atoms with Crippen LogP contribution in [0.25, 0.3) is 5.00 Å². The first-order valence-electron chi connectivity index (χ1n) is 12.4. The summed E-state index contributed by atoms with van der Waals surface area (Å²) in [6, 6.07) is 11.6. The van der Waals surface area contributed by atoms with E-state index in [2.05, 4.69) is 38.9 Å². The minimum atomic E-state index is -0.182. The summed E-state index contributed by atoms with van der Waals surface area (Å²) in [5.41, 5.74) is 5.38. The van der Waals surface area contributed by atoms with Crippen molar-refractivity contribution in [2.75, 3.05) is 6.54 Å². The molecule has 5 rings (SSSR count). The van der Waals surface area contributed by atoms with E-state index in [4.69, 9.17) is 16.6 Å². The number of amides is 1. The molecule has 190 valence electrons. The van der Waals surface area contributed by atoms with Crippen molar-refractivity contribution in [3.05, 3.63) is 92.6 Å². The number of halogens is 1. The number of benzene rings is 1. The van der Waals surface area contributed by atoms with Crippen LogP contribution in [0.3, 0.4) is 0 Å². The van der Waals surface area contributed by atoms with Gasteiger partial charge in [0.1, 0.15) is 16.9 Å². The Balaban J connectivity index is 1.36. The molecular formula is C28H29ClN6OS. The molecule has 4 aromatic rings. The molecule has 0 fully saturated rings. The van der Waals surface area contributed by atoms with Gasteiger partial charge in [-0.3, -0.25) is 19.3 Å². The molecule has 1 aliphatic heterocycles. The maximum Gasteiger partial charge on any atom is 0.220 e. The molecule has 1 aromatic carbocycles. The maximum absolute atomic E-state index is 12.4. The van der Waals surface area contributed by atoms with E-state index in [0.29, 0.717) is 24.4 Å². The number of rotatable bonds is 8. The number of pyridine rings is 1. The van der Waals surface area contributed by atoms with E-state index in [-0.39, 0.29) is 11.9 Å². The van der Waals surface area contributed by atoms with Gasteiger partial charge in [-0.1, -0.05) is 29.8 Å². The highest BCUT2D eigenvalue weighted by Gasteiger charge is 2.31. The lowest BCUT2D eigenvalue weighted by Crippen LogP contribution is -2.25. The fraction of sp³-hybridized carbons (Fsp3) is 0.321. The predicted octanol–water partition coefficient (Wildman–Crippen LogP) is 5.72. The topological polar surface area (TPSA) is 85.1 Å². The highest BCUT2D eigenvalue weighted by molar-refractivity contribution is 7.15. The largest absolute Gasteiger partial charge is 0.356 e. The molecule has 7 nitrogen and oxygen atoms in total. The zero-order valence-electron chi connectivity index (χ0n) is 21.2. The summed E-state index contributed by atoms with van der Waals surface area (Å²) in [4.78, 5) is 23.0. The number of aliphatic imine (C=N–C) groups is 1. The average Bonchev–Trinajstić information content (AvgIpc) is 3.37. The fourth-order valence-electron chi connectivity index (χ4n) is 4.60. The Morgan fingerprint density at radius 1 is 1.14 bits per heavy atom. The standard InChI is InChI=1S/C28H29ClN6OS/c1-17-18(2)37-28-25(17)26(21-9-11-22(29)12-10-21)32-23(27-34-33-19(3)35(27)28)7-5-15-31-24(36)13-8-20-6-4-14-30-16-20/h4,6,9-12,14,16,23H,5,7-8,13,15H2,1-3H3,(H,31,36). The van der Waals surface area contributed by atoms with Crippen molar-refractivity contribution in [3.8, 4) is 5.00 Å². The molecule has 1 unspecified atom stereocenters. The summed E-state index contributed by atoms with van der Waals surface area (Å²) < 4.78 is 2.16. The van der Waals surface area contributed by atoms with E-state index >= 15 is 0 Å². The molecule has 1 aliphatic rings. The Morgan fingerprint density at radius 3 is 2.70 bits per heavy atom. The van der Waals surface area contributed by atoms with E-state index < -0.39 is 0 Å². The minimum Gasteiger partial charge on any atom is -0.356 e. The third kappa shape index (κ3) is 5.36. The van der Waals surface area contributed by atoms with Crippen molar-refractivity contribution in [1.29, 1.82) is 0 Å². The average molecular weight is 533 g/mol. The van der Waals surface area contributed by atoms with Crippen LogP contribution in [0.2, 0.25) is 5.02 Å². The molecular weight excluding hydrogens is 504 g/mol. The molecule has 3 aromatic heterocycles. The van der Waals surface area contributed by atoms with E-state index in [9.17, 15) is 4.79 Å². The van der Waals surface area contributed by atoms with Crippen LogP contribution in [0.4, 0.5) is 0 Å². The number of aromatic nitrogens is 4. The molecule has 0 spiro atoms. The molecule has 0 saturated heterocycles. The second-order valence-electron chi connectivity index (χ2n) is 9.26. The molecule has 4 heterocycles. The number of carbonyl (C=O) groups is 1. The van der Waals surface area contributed by atoms with Gasteiger partial charge in [-0.15, -0.1) is 21.5 Å². The molecule has 37 heavy (non-hydrogen) atoms. The smallest absolute Gasteiger partial charge is 0.220 e. The van der Waals surface area contributed by atoms with Gasteiger partial charge in [-0.05, 0) is 69.4 Å². The Bertz CT molecular complexity index is 1440. The van der Waals surface area contributed by atoms with Gasteiger partial charge in [0, 0.05) is 46.4 Å². The van der Waals surface area contributed by atoms with E-state index in [0.717, 1.165) is 51.9 Å². The lowest BCUT2D eigenvalue weighted by molar-refractivity contribution is -0.121. The first kappa shape index (κ1) is 25.3. The fourth-order valence-corrected chi connectivity index (χ4v) is 5.94. The number of hydrogen-bond donors (Lipinski definition) is 1. The number of nitrogens with one attached hydrogen (secondary N) is 1. The minimum absolute atomic E-state index is 0.0439. The van der Waals surface area contributed by atoms with Crippen LogP contribution in [0.5, 0.6) is 0 Å². The maximum atomic E-state index is 12.4. The van der Waals surface area contributed by atoms with Crippen molar-refractivity contribution < 1.29 is 4.79 Å². The van der Waals surface area contributed by atoms with Gasteiger partial charge < -0.3 is 5.32 Å². The second-order valence-corrected chi connectivity index (χ2v) is 10.9. The highest BCUT2D eigenvalue weighted by atomic mass is 35.5. The first-order chi connectivity index (χ1) is 17.9. The third-order valence-corrected chi connectivity index (χ3v) is 8.14. The van der Waals surface area contributed by atoms with Gasteiger partial charge in [0.05, 0.1) is 5.71 Å². The number of carbonyl (C=O) groups excluding carboxylic acids is 1. The Labute approximate surface area is 225 Å². The van der Waals surface area contributed by atoms with Crippen LogP contribution >= 0.6 is 22.9 Å². The quantitative estimate of drug-likeness (QED) is 0.294. The molecule has 9 heteroatoms. The van der Waals surface area contributed by atoms with Gasteiger partial charge in [-0.25, -0.2) is 0 Å². The lowest BCUT2D eigenvalue weighted by atomic mass is 9.99. The second kappa shape index (κ2) is 10.9. The number of fused-ring (bicyclic) bond motifs is 3. The summed E-state index contributed by atoms with van der Waals surface area (Å²) in [6.45, 7) is 6.86. The summed E-state index contributed by atoms with van der Waals surface area (Å²) in [5.74, 6) is 1.73. The molecule has 1 amide bonds. The van der Waals surface area contributed by atoms with Gasteiger partial charge in [0.2, 0.25) is 5.91 Å². The first-order valence-corrected chi connectivity index (χ1v) is 13.6. The molecule has 1 N–H and O–H groups in total. The van der Waals surface area contributed by atoms with Gasteiger partial charge >= 0.3 is 0 Å². The Morgan fingerprint density at radius 2 is 1.95 bits per heavy atom. The molecule has 0 bridgehead atoms. The van der Waals surface area contributed by atoms with E-state index in [1.165, 1.54) is 10.4 Å². The van der Waals surface area contributed by atoms with Crippen LogP contribution in [-0.4, -0.2) is 37.9 Å². The Hall–Kier alpha value is -3.36. The summed E-state index contributed by atoms with van der Waals surface area (Å²) >= 11 is 7.94. The molecule has 0 radical (unpaired) electrons. The summed E-state index contributed by atoms with van der Waals surface area (Å²) in [6.07, 6.45) is 6.18.